The van der Waals surface area contributed by atoms with Crippen molar-refractivity contribution < 1.29 is 23.5 Å². The molecule has 8 nitrogen and oxygen atoms in total. The third-order valence-electron chi connectivity index (χ3n) is 4.89. The molecule has 29 heavy (non-hydrogen) atoms. The summed E-state index contributed by atoms with van der Waals surface area (Å²) in [7, 11) is 1.26. The predicted molar refractivity (Wildman–Crippen MR) is 100 cm³/mol. The van der Waals surface area contributed by atoms with Gasteiger partial charge in [0.2, 0.25) is 5.91 Å². The van der Waals surface area contributed by atoms with Crippen molar-refractivity contribution in [2.75, 3.05) is 13.7 Å². The molecule has 2 aromatic carbocycles. The molecule has 1 aliphatic heterocycles. The van der Waals surface area contributed by atoms with Crippen LogP contribution in [0.5, 0.6) is 5.75 Å². The maximum absolute atomic E-state index is 13.9. The number of rotatable bonds is 5. The van der Waals surface area contributed by atoms with E-state index in [1.807, 2.05) is 18.2 Å². The monoisotopic (exact) mass is 398 g/mol. The highest BCUT2D eigenvalue weighted by Gasteiger charge is 2.41. The van der Waals surface area contributed by atoms with Gasteiger partial charge in [0.15, 0.2) is 11.6 Å². The van der Waals surface area contributed by atoms with Crippen LogP contribution in [0.15, 0.2) is 48.5 Å². The maximum Gasteiger partial charge on any atom is 0.328 e. The number of hydrogen-bond donors (Lipinski definition) is 0. The molecule has 2 atom stereocenters. The number of esters is 1. The fourth-order valence-electron chi connectivity index (χ4n) is 3.49. The minimum Gasteiger partial charge on any atom is -0.485 e. The fourth-order valence-corrected chi connectivity index (χ4v) is 3.49. The molecule has 1 amide bonds. The number of hydrogen-bond acceptors (Lipinski definition) is 6. The summed E-state index contributed by atoms with van der Waals surface area (Å²) < 4.78 is 25.9. The molecule has 0 radical (unpaired) electrons. The number of halogens is 1. The normalized spacial score (nSPS) is 18.8. The Kier molecular flexibility index (Phi) is 5.11. The van der Waals surface area contributed by atoms with Gasteiger partial charge >= 0.3 is 5.97 Å². The van der Waals surface area contributed by atoms with E-state index in [4.69, 9.17) is 9.47 Å². The van der Waals surface area contributed by atoms with Gasteiger partial charge in [0.1, 0.15) is 24.2 Å². The molecule has 1 fully saturated rings. The Balaban J connectivity index is 1.52. The van der Waals surface area contributed by atoms with Crippen LogP contribution in [-0.4, -0.2) is 57.6 Å². The number of methoxy groups -OCH3 is 1. The average Bonchev–Trinajstić information content (AvgIpc) is 3.34. The number of aromatic nitrogens is 3. The molecule has 9 heteroatoms. The number of amides is 1. The quantitative estimate of drug-likeness (QED) is 0.609. The van der Waals surface area contributed by atoms with Crippen LogP contribution in [0.2, 0.25) is 0 Å². The smallest absolute Gasteiger partial charge is 0.328 e. The maximum atomic E-state index is 13.9. The zero-order valence-corrected chi connectivity index (χ0v) is 15.7. The van der Waals surface area contributed by atoms with E-state index in [0.29, 0.717) is 11.0 Å². The molecule has 150 valence electrons. The van der Waals surface area contributed by atoms with Gasteiger partial charge in [-0.25, -0.2) is 13.9 Å². The number of benzene rings is 2. The summed E-state index contributed by atoms with van der Waals surface area (Å²) >= 11 is 0. The lowest BCUT2D eigenvalue weighted by Gasteiger charge is -2.22. The second-order valence-corrected chi connectivity index (χ2v) is 6.73. The summed E-state index contributed by atoms with van der Waals surface area (Å²) in [6.45, 7) is 0.0555. The van der Waals surface area contributed by atoms with Gasteiger partial charge in [0.05, 0.1) is 19.2 Å². The number of para-hydroxylation sites is 2. The van der Waals surface area contributed by atoms with Gasteiger partial charge in [-0.3, -0.25) is 4.79 Å². The second kappa shape index (κ2) is 7.86. The van der Waals surface area contributed by atoms with E-state index in [2.05, 4.69) is 10.3 Å². The largest absolute Gasteiger partial charge is 0.485 e. The van der Waals surface area contributed by atoms with Crippen molar-refractivity contribution in [3.63, 3.8) is 0 Å². The molecule has 2 heterocycles. The Morgan fingerprint density at radius 1 is 1.17 bits per heavy atom. The molecule has 1 saturated heterocycles. The first-order chi connectivity index (χ1) is 14.1. The molecule has 3 aromatic rings. The van der Waals surface area contributed by atoms with Gasteiger partial charge in [-0.15, -0.1) is 5.10 Å². The van der Waals surface area contributed by atoms with Crippen LogP contribution < -0.4 is 4.74 Å². The number of carbonyl (C=O) groups is 2. The van der Waals surface area contributed by atoms with Crippen LogP contribution in [0.25, 0.3) is 11.0 Å². The molecular weight excluding hydrogens is 379 g/mol. The van der Waals surface area contributed by atoms with E-state index >= 15 is 0 Å². The Hall–Kier alpha value is -3.49. The highest BCUT2D eigenvalue weighted by Crippen LogP contribution is 2.26. The molecule has 0 bridgehead atoms. The Labute approximate surface area is 165 Å². The van der Waals surface area contributed by atoms with Gasteiger partial charge in [-0.2, -0.15) is 0 Å². The zero-order valence-electron chi connectivity index (χ0n) is 15.7. The number of likely N-dealkylation sites (tertiary alicyclic amines) is 1. The third kappa shape index (κ3) is 3.75. The lowest BCUT2D eigenvalue weighted by molar-refractivity contribution is -0.151. The molecule has 0 unspecified atom stereocenters. The van der Waals surface area contributed by atoms with Gasteiger partial charge < -0.3 is 14.4 Å². The first-order valence-corrected chi connectivity index (χ1v) is 9.13. The molecule has 4 rings (SSSR count). The highest BCUT2D eigenvalue weighted by atomic mass is 19.1. The van der Waals surface area contributed by atoms with E-state index < -0.39 is 23.9 Å². The molecule has 0 saturated carbocycles. The molecular formula is C20H19FN4O4. The summed E-state index contributed by atoms with van der Waals surface area (Å²) in [4.78, 5) is 26.6. The SMILES string of the molecule is COC(=O)[C@@H]1C[C@H](Oc2ccccc2F)CN1C(=O)Cn1nnc2ccccc21. The number of ether oxygens (including phenoxy) is 2. The summed E-state index contributed by atoms with van der Waals surface area (Å²) in [6.07, 6.45) is -0.322. The lowest BCUT2D eigenvalue weighted by Crippen LogP contribution is -2.43. The van der Waals surface area contributed by atoms with Gasteiger partial charge in [0.25, 0.3) is 0 Å². The first kappa shape index (κ1) is 18.9. The minimum absolute atomic E-state index is 0.0812. The van der Waals surface area contributed by atoms with Crippen molar-refractivity contribution >= 4 is 22.9 Å². The van der Waals surface area contributed by atoms with Crippen LogP contribution in [0.3, 0.4) is 0 Å². The molecule has 0 N–H and O–H groups in total. The minimum atomic E-state index is -0.806. The average molecular weight is 398 g/mol. The van der Waals surface area contributed by atoms with Crippen molar-refractivity contribution in [3.05, 3.63) is 54.3 Å². The molecule has 0 spiro atoms. The van der Waals surface area contributed by atoms with Gasteiger partial charge in [-0.05, 0) is 24.3 Å². The first-order valence-electron chi connectivity index (χ1n) is 9.13. The van der Waals surface area contributed by atoms with Gasteiger partial charge in [0, 0.05) is 6.42 Å². The van der Waals surface area contributed by atoms with Gasteiger partial charge in [-0.1, -0.05) is 29.5 Å². The molecule has 1 aliphatic rings. The predicted octanol–water partition coefficient (Wildman–Crippen LogP) is 1.79. The fraction of sp³-hybridized carbons (Fsp3) is 0.300. The number of nitrogens with zero attached hydrogens (tertiary/aromatic N) is 4. The topological polar surface area (TPSA) is 86.5 Å². The number of fused-ring (bicyclic) bond motifs is 1. The van der Waals surface area contributed by atoms with Crippen LogP contribution >= 0.6 is 0 Å². The van der Waals surface area contributed by atoms with Crippen molar-refractivity contribution in [2.24, 2.45) is 0 Å². The Bertz CT molecular complexity index is 1050. The van der Waals surface area contributed by atoms with Crippen molar-refractivity contribution in [3.8, 4) is 5.75 Å². The molecule has 1 aromatic heterocycles. The van der Waals surface area contributed by atoms with Crippen molar-refractivity contribution in [1.29, 1.82) is 0 Å². The van der Waals surface area contributed by atoms with Crippen LogP contribution in [-0.2, 0) is 20.9 Å². The lowest BCUT2D eigenvalue weighted by atomic mass is 10.2. The zero-order chi connectivity index (χ0) is 20.4. The van der Waals surface area contributed by atoms with E-state index in [0.717, 1.165) is 0 Å². The van der Waals surface area contributed by atoms with E-state index in [1.54, 1.807) is 18.2 Å². The second-order valence-electron chi connectivity index (χ2n) is 6.73. The van der Waals surface area contributed by atoms with E-state index in [-0.39, 0.29) is 31.2 Å². The van der Waals surface area contributed by atoms with Crippen LogP contribution in [0.1, 0.15) is 6.42 Å². The number of carbonyl (C=O) groups excluding carboxylic acids is 2. The van der Waals surface area contributed by atoms with E-state index in [1.165, 1.54) is 28.8 Å². The van der Waals surface area contributed by atoms with Crippen molar-refractivity contribution in [2.45, 2.75) is 25.1 Å². The third-order valence-corrected chi connectivity index (χ3v) is 4.89. The van der Waals surface area contributed by atoms with Crippen LogP contribution in [0, 0.1) is 5.82 Å². The van der Waals surface area contributed by atoms with E-state index in [9.17, 15) is 14.0 Å². The van der Waals surface area contributed by atoms with Crippen LogP contribution in [0.4, 0.5) is 4.39 Å². The standard InChI is InChI=1S/C20H19FN4O4/c1-28-20(27)17-10-13(29-18-9-5-2-6-14(18)21)11-24(17)19(26)12-25-16-8-4-3-7-15(16)22-23-25/h2-9,13,17H,10-12H2,1H3/t13-,17-/m0/s1. The Morgan fingerprint density at radius 2 is 1.93 bits per heavy atom. The Morgan fingerprint density at radius 3 is 2.72 bits per heavy atom. The van der Waals surface area contributed by atoms with Crippen molar-refractivity contribution in [1.82, 2.24) is 19.9 Å². The molecule has 0 aliphatic carbocycles. The summed E-state index contributed by atoms with van der Waals surface area (Å²) in [5.74, 6) is -1.28. The highest BCUT2D eigenvalue weighted by molar-refractivity contribution is 5.86. The summed E-state index contributed by atoms with van der Waals surface area (Å²) in [5.41, 5.74) is 1.39. The summed E-state index contributed by atoms with van der Waals surface area (Å²) in [6, 6.07) is 12.5. The summed E-state index contributed by atoms with van der Waals surface area (Å²) in [5, 5.41) is 8.05.